The van der Waals surface area contributed by atoms with Crippen molar-refractivity contribution in [3.05, 3.63) is 39.0 Å². The predicted molar refractivity (Wildman–Crippen MR) is 133 cm³/mol. The van der Waals surface area contributed by atoms with Crippen LogP contribution in [0, 0.1) is 13.8 Å². The average Bonchev–Trinajstić information content (AvgIpc) is 3.11. The van der Waals surface area contributed by atoms with Crippen LogP contribution in [0.4, 0.5) is 5.82 Å². The van der Waals surface area contributed by atoms with Gasteiger partial charge in [-0.25, -0.2) is 9.97 Å². The highest BCUT2D eigenvalue weighted by atomic mass is 32.1. The Kier molecular flexibility index (Phi) is 7.95. The van der Waals surface area contributed by atoms with Crippen LogP contribution in [0.2, 0.25) is 0 Å². The topological polar surface area (TPSA) is 98.7 Å². The lowest BCUT2D eigenvalue weighted by Gasteiger charge is -2.31. The van der Waals surface area contributed by atoms with E-state index in [4.69, 9.17) is 0 Å². The quantitative estimate of drug-likeness (QED) is 0.555. The van der Waals surface area contributed by atoms with Crippen molar-refractivity contribution in [2.24, 2.45) is 0 Å². The fraction of sp³-hybridized carbons (Fsp3) is 0.600. The van der Waals surface area contributed by atoms with E-state index in [1.165, 1.54) is 27.2 Å². The number of likely N-dealkylation sites (tertiary alicyclic amines) is 1. The van der Waals surface area contributed by atoms with Gasteiger partial charge in [0.2, 0.25) is 5.91 Å². The van der Waals surface area contributed by atoms with Gasteiger partial charge in [0, 0.05) is 67.9 Å². The van der Waals surface area contributed by atoms with Gasteiger partial charge in [0.25, 0.3) is 0 Å². The Morgan fingerprint density at radius 1 is 1.24 bits per heavy atom. The number of β-amino-alcohol motifs (C(OH)–C–C–N with tert-alkyl or cyclic N) is 1. The molecule has 0 saturated carbocycles. The fourth-order valence-corrected chi connectivity index (χ4v) is 6.00. The summed E-state index contributed by atoms with van der Waals surface area (Å²) in [7, 11) is 0. The minimum absolute atomic E-state index is 0.0823. The van der Waals surface area contributed by atoms with E-state index in [0.717, 1.165) is 45.4 Å². The van der Waals surface area contributed by atoms with Crippen LogP contribution in [0.3, 0.4) is 0 Å². The first kappa shape index (κ1) is 24.8. The molecule has 0 unspecified atom stereocenters. The van der Waals surface area contributed by atoms with Gasteiger partial charge in [-0.15, -0.1) is 11.3 Å². The summed E-state index contributed by atoms with van der Waals surface area (Å²) in [6.45, 7) is 9.82. The van der Waals surface area contributed by atoms with Crippen molar-refractivity contribution in [1.82, 2.24) is 19.8 Å². The molecule has 1 atom stereocenters. The highest BCUT2D eigenvalue weighted by Crippen LogP contribution is 2.32. The van der Waals surface area contributed by atoms with E-state index in [0.29, 0.717) is 24.5 Å². The number of thiophene rings is 1. The minimum atomic E-state index is -0.545. The van der Waals surface area contributed by atoms with Crippen LogP contribution in [-0.4, -0.2) is 74.9 Å². The van der Waals surface area contributed by atoms with E-state index in [1.807, 2.05) is 16.2 Å². The molecule has 0 radical (unpaired) electrons. The second-order valence-corrected chi connectivity index (χ2v) is 10.8. The molecule has 184 valence electrons. The minimum Gasteiger partial charge on any atom is -0.392 e. The van der Waals surface area contributed by atoms with Crippen molar-refractivity contribution < 1.29 is 14.7 Å². The van der Waals surface area contributed by atoms with Crippen LogP contribution in [0.5, 0.6) is 0 Å². The van der Waals surface area contributed by atoms with Gasteiger partial charge < -0.3 is 15.3 Å². The number of aryl methyl sites for hydroxylation is 1. The molecule has 4 heterocycles. The SMILES string of the molecule is CC(=O)N1CCC(Nc2cc(C(=O)CC[C@H](O)CN3CCc4sc(C)c(C)c4C3)ncn2)CC1. The Labute approximate surface area is 205 Å². The van der Waals surface area contributed by atoms with Crippen LogP contribution in [-0.2, 0) is 17.8 Å². The maximum atomic E-state index is 12.7. The molecular weight excluding hydrogens is 450 g/mol. The number of carbonyl (C=O) groups excluding carboxylic acids is 2. The fourth-order valence-electron chi connectivity index (χ4n) is 4.82. The van der Waals surface area contributed by atoms with Crippen LogP contribution in [0.1, 0.15) is 64.0 Å². The van der Waals surface area contributed by atoms with E-state index in [2.05, 4.69) is 34.0 Å². The van der Waals surface area contributed by atoms with E-state index >= 15 is 0 Å². The lowest BCUT2D eigenvalue weighted by molar-refractivity contribution is -0.129. The first-order chi connectivity index (χ1) is 16.3. The van der Waals surface area contributed by atoms with Crippen molar-refractivity contribution in [3.8, 4) is 0 Å². The van der Waals surface area contributed by atoms with Gasteiger partial charge in [0.05, 0.1) is 6.10 Å². The van der Waals surface area contributed by atoms with Crippen molar-refractivity contribution >= 4 is 28.8 Å². The molecule has 1 amide bonds. The number of nitrogens with zero attached hydrogens (tertiary/aromatic N) is 4. The molecule has 2 aliphatic heterocycles. The molecule has 2 N–H and O–H groups in total. The van der Waals surface area contributed by atoms with E-state index in [1.54, 1.807) is 13.0 Å². The summed E-state index contributed by atoms with van der Waals surface area (Å²) in [5, 5.41) is 14.0. The summed E-state index contributed by atoms with van der Waals surface area (Å²) >= 11 is 1.90. The Morgan fingerprint density at radius 3 is 2.74 bits per heavy atom. The van der Waals surface area contributed by atoms with Gasteiger partial charge >= 0.3 is 0 Å². The number of piperidine rings is 1. The zero-order valence-electron chi connectivity index (χ0n) is 20.3. The number of ketones is 1. The van der Waals surface area contributed by atoms with Crippen molar-refractivity contribution in [1.29, 1.82) is 0 Å². The normalized spacial score (nSPS) is 17.9. The van der Waals surface area contributed by atoms with Crippen LogP contribution < -0.4 is 5.32 Å². The molecule has 2 aromatic rings. The monoisotopic (exact) mass is 485 g/mol. The number of fused-ring (bicyclic) bond motifs is 1. The van der Waals surface area contributed by atoms with Crippen LogP contribution in [0.15, 0.2) is 12.4 Å². The number of rotatable bonds is 8. The Balaban J connectivity index is 1.24. The van der Waals surface area contributed by atoms with E-state index < -0.39 is 6.10 Å². The lowest BCUT2D eigenvalue weighted by atomic mass is 10.0. The van der Waals surface area contributed by atoms with E-state index in [-0.39, 0.29) is 24.2 Å². The maximum Gasteiger partial charge on any atom is 0.219 e. The molecule has 2 aromatic heterocycles. The van der Waals surface area contributed by atoms with Crippen LogP contribution in [0.25, 0.3) is 0 Å². The molecule has 4 rings (SSSR count). The number of aliphatic hydroxyl groups is 1. The summed E-state index contributed by atoms with van der Waals surface area (Å²) in [5.74, 6) is 0.657. The molecule has 9 heteroatoms. The summed E-state index contributed by atoms with van der Waals surface area (Å²) in [6.07, 6.45) is 4.27. The third-order valence-electron chi connectivity index (χ3n) is 7.05. The van der Waals surface area contributed by atoms with Crippen molar-refractivity contribution in [2.75, 3.05) is 31.5 Å². The number of hydrogen-bond donors (Lipinski definition) is 2. The number of aliphatic hydroxyl groups excluding tert-OH is 1. The van der Waals surface area contributed by atoms with Gasteiger partial charge in [0.1, 0.15) is 17.8 Å². The molecule has 0 aliphatic carbocycles. The van der Waals surface area contributed by atoms with Crippen molar-refractivity contribution in [3.63, 3.8) is 0 Å². The molecule has 8 nitrogen and oxygen atoms in total. The largest absolute Gasteiger partial charge is 0.392 e. The first-order valence-corrected chi connectivity index (χ1v) is 13.0. The Morgan fingerprint density at radius 2 is 2.00 bits per heavy atom. The number of Topliss-reactive ketones (excluding diaryl/α,β-unsaturated/α-hetero) is 1. The number of hydrogen-bond acceptors (Lipinski definition) is 8. The molecule has 0 aromatic carbocycles. The van der Waals surface area contributed by atoms with Gasteiger partial charge in [-0.1, -0.05) is 0 Å². The first-order valence-electron chi connectivity index (χ1n) is 12.2. The Hall–Kier alpha value is -2.36. The predicted octanol–water partition coefficient (Wildman–Crippen LogP) is 2.96. The van der Waals surface area contributed by atoms with E-state index in [9.17, 15) is 14.7 Å². The molecule has 0 bridgehead atoms. The molecule has 1 saturated heterocycles. The molecular formula is C25H35N5O3S. The number of nitrogens with one attached hydrogen (secondary N) is 1. The van der Waals surface area contributed by atoms with Gasteiger partial charge in [-0.3, -0.25) is 14.5 Å². The summed E-state index contributed by atoms with van der Waals surface area (Å²) in [6, 6.07) is 1.91. The van der Waals surface area contributed by atoms with Crippen LogP contribution >= 0.6 is 11.3 Å². The number of amides is 1. The van der Waals surface area contributed by atoms with Gasteiger partial charge in [-0.2, -0.15) is 0 Å². The molecule has 1 fully saturated rings. The number of carbonyl (C=O) groups is 2. The van der Waals surface area contributed by atoms with Gasteiger partial charge in [-0.05, 0) is 50.7 Å². The molecule has 34 heavy (non-hydrogen) atoms. The number of anilines is 1. The zero-order valence-corrected chi connectivity index (χ0v) is 21.2. The standard InChI is InChI=1S/C25H35N5O3S/c1-16-17(2)34-24-8-9-29(14-21(16)24)13-20(32)4-5-23(33)22-12-25(27-15-26-22)28-19-6-10-30(11-7-19)18(3)31/h12,15,19-20,32H,4-11,13-14H2,1-3H3,(H,26,27,28)/t20-/m0/s1. The maximum absolute atomic E-state index is 12.7. The van der Waals surface area contributed by atoms with Crippen molar-refractivity contribution in [2.45, 2.75) is 71.6 Å². The zero-order chi connectivity index (χ0) is 24.2. The second-order valence-electron chi connectivity index (χ2n) is 9.50. The summed E-state index contributed by atoms with van der Waals surface area (Å²) in [5.41, 5.74) is 3.18. The highest BCUT2D eigenvalue weighted by molar-refractivity contribution is 7.12. The second kappa shape index (κ2) is 10.9. The average molecular weight is 486 g/mol. The highest BCUT2D eigenvalue weighted by Gasteiger charge is 2.24. The lowest BCUT2D eigenvalue weighted by Crippen LogP contribution is -2.41. The Bertz CT molecular complexity index is 1030. The molecule has 2 aliphatic rings. The third-order valence-corrected chi connectivity index (χ3v) is 8.36. The number of aromatic nitrogens is 2. The smallest absolute Gasteiger partial charge is 0.219 e. The summed E-state index contributed by atoms with van der Waals surface area (Å²) < 4.78 is 0. The third kappa shape index (κ3) is 6.00. The summed E-state index contributed by atoms with van der Waals surface area (Å²) in [4.78, 5) is 39.6. The molecule has 0 spiro atoms. The van der Waals surface area contributed by atoms with Gasteiger partial charge in [0.15, 0.2) is 5.78 Å².